The van der Waals surface area contributed by atoms with Crippen molar-refractivity contribution in [3.05, 3.63) is 35.1 Å². The summed E-state index contributed by atoms with van der Waals surface area (Å²) in [6, 6.07) is 5.22. The van der Waals surface area contributed by atoms with Crippen LogP contribution in [0.4, 0.5) is 4.39 Å². The number of methoxy groups -OCH3 is 1. The number of carbonyl (C=O) groups is 1. The summed E-state index contributed by atoms with van der Waals surface area (Å²) in [5.74, 6) is 0.675. The van der Waals surface area contributed by atoms with Crippen LogP contribution in [0.25, 0.3) is 0 Å². The number of rotatable bonds is 8. The van der Waals surface area contributed by atoms with Crippen molar-refractivity contribution >= 4 is 5.91 Å². The molecular formula is C17H24FNO2. The molecule has 3 nitrogen and oxygen atoms in total. The van der Waals surface area contributed by atoms with Crippen LogP contribution in [-0.4, -0.2) is 26.2 Å². The third kappa shape index (κ3) is 4.81. The Labute approximate surface area is 125 Å². The summed E-state index contributed by atoms with van der Waals surface area (Å²) in [6.45, 7) is 3.07. The Morgan fingerprint density at radius 3 is 2.86 bits per heavy atom. The van der Waals surface area contributed by atoms with Crippen LogP contribution in [0.2, 0.25) is 0 Å². The van der Waals surface area contributed by atoms with Gasteiger partial charge in [-0.3, -0.25) is 4.79 Å². The molecule has 1 atom stereocenters. The van der Waals surface area contributed by atoms with E-state index in [4.69, 9.17) is 4.74 Å². The molecule has 1 N–H and O–H groups in total. The highest BCUT2D eigenvalue weighted by Crippen LogP contribution is 2.44. The van der Waals surface area contributed by atoms with Crippen molar-refractivity contribution in [1.29, 1.82) is 0 Å². The van der Waals surface area contributed by atoms with Gasteiger partial charge >= 0.3 is 0 Å². The lowest BCUT2D eigenvalue weighted by Crippen LogP contribution is -2.27. The molecule has 116 valence electrons. The first-order valence-electron chi connectivity index (χ1n) is 7.63. The van der Waals surface area contributed by atoms with Crippen molar-refractivity contribution in [2.75, 3.05) is 20.3 Å². The summed E-state index contributed by atoms with van der Waals surface area (Å²) in [7, 11) is 1.65. The van der Waals surface area contributed by atoms with Crippen LogP contribution in [-0.2, 0) is 9.53 Å². The smallest absolute Gasteiger partial charge is 0.220 e. The van der Waals surface area contributed by atoms with E-state index in [1.807, 2.05) is 12.1 Å². The Morgan fingerprint density at radius 2 is 2.24 bits per heavy atom. The summed E-state index contributed by atoms with van der Waals surface area (Å²) < 4.78 is 18.3. The average Bonchev–Trinajstić information content (AvgIpc) is 3.29. The molecule has 4 heteroatoms. The monoisotopic (exact) mass is 293 g/mol. The highest BCUT2D eigenvalue weighted by atomic mass is 19.1. The number of benzene rings is 1. The van der Waals surface area contributed by atoms with Gasteiger partial charge in [-0.2, -0.15) is 0 Å². The summed E-state index contributed by atoms with van der Waals surface area (Å²) in [4.78, 5) is 12.0. The van der Waals surface area contributed by atoms with Gasteiger partial charge in [0.05, 0.1) is 0 Å². The summed E-state index contributed by atoms with van der Waals surface area (Å²) in [6.07, 6.45) is 3.64. The predicted molar refractivity (Wildman–Crippen MR) is 80.7 cm³/mol. The molecule has 0 spiro atoms. The molecule has 0 aromatic heterocycles. The van der Waals surface area contributed by atoms with Gasteiger partial charge < -0.3 is 10.1 Å². The van der Waals surface area contributed by atoms with E-state index < -0.39 is 0 Å². The number of hydrogen-bond donors (Lipinski definition) is 1. The molecule has 1 aromatic rings. The zero-order valence-corrected chi connectivity index (χ0v) is 12.8. The van der Waals surface area contributed by atoms with Crippen molar-refractivity contribution in [1.82, 2.24) is 5.32 Å². The van der Waals surface area contributed by atoms with E-state index in [0.29, 0.717) is 31.1 Å². The van der Waals surface area contributed by atoms with Crippen LogP contribution >= 0.6 is 0 Å². The molecule has 1 aromatic carbocycles. The Morgan fingerprint density at radius 1 is 1.48 bits per heavy atom. The van der Waals surface area contributed by atoms with Gasteiger partial charge in [-0.05, 0) is 55.2 Å². The molecule has 0 bridgehead atoms. The van der Waals surface area contributed by atoms with Crippen LogP contribution in [0.3, 0.4) is 0 Å². The van der Waals surface area contributed by atoms with Gasteiger partial charge in [-0.25, -0.2) is 4.39 Å². The summed E-state index contributed by atoms with van der Waals surface area (Å²) in [5.41, 5.74) is 1.74. The van der Waals surface area contributed by atoms with E-state index >= 15 is 0 Å². The normalized spacial score (nSPS) is 15.8. The molecule has 1 unspecified atom stereocenters. The number of aryl methyl sites for hydroxylation is 1. The number of hydrogen-bond acceptors (Lipinski definition) is 2. The summed E-state index contributed by atoms with van der Waals surface area (Å²) in [5, 5.41) is 2.93. The topological polar surface area (TPSA) is 38.3 Å². The van der Waals surface area contributed by atoms with Crippen LogP contribution in [0.5, 0.6) is 0 Å². The highest BCUT2D eigenvalue weighted by Gasteiger charge is 2.33. The molecule has 0 aliphatic heterocycles. The SMILES string of the molecule is COCCCNC(=O)CC(c1ccc(F)c(C)c1)C1CC1. The zero-order valence-electron chi connectivity index (χ0n) is 12.8. The fraction of sp³-hybridized carbons (Fsp3) is 0.588. The Balaban J connectivity index is 1.93. The molecule has 1 aliphatic carbocycles. The molecule has 2 rings (SSSR count). The average molecular weight is 293 g/mol. The molecule has 1 saturated carbocycles. The fourth-order valence-corrected chi connectivity index (χ4v) is 2.67. The van der Waals surface area contributed by atoms with Gasteiger partial charge in [0.15, 0.2) is 0 Å². The molecule has 1 amide bonds. The van der Waals surface area contributed by atoms with E-state index in [-0.39, 0.29) is 17.6 Å². The van der Waals surface area contributed by atoms with Crippen molar-refractivity contribution in [2.45, 2.75) is 38.5 Å². The largest absolute Gasteiger partial charge is 0.385 e. The van der Waals surface area contributed by atoms with Gasteiger partial charge in [0, 0.05) is 26.7 Å². The van der Waals surface area contributed by atoms with Crippen LogP contribution < -0.4 is 5.32 Å². The van der Waals surface area contributed by atoms with Crippen LogP contribution in [0.15, 0.2) is 18.2 Å². The van der Waals surface area contributed by atoms with Crippen molar-refractivity contribution in [3.63, 3.8) is 0 Å². The van der Waals surface area contributed by atoms with Crippen molar-refractivity contribution < 1.29 is 13.9 Å². The van der Waals surface area contributed by atoms with Crippen LogP contribution in [0, 0.1) is 18.7 Å². The maximum Gasteiger partial charge on any atom is 0.220 e. The summed E-state index contributed by atoms with van der Waals surface area (Å²) >= 11 is 0. The second-order valence-corrected chi connectivity index (χ2v) is 5.85. The number of amides is 1. The molecule has 21 heavy (non-hydrogen) atoms. The minimum absolute atomic E-state index is 0.0741. The lowest BCUT2D eigenvalue weighted by molar-refractivity contribution is -0.121. The van der Waals surface area contributed by atoms with Crippen LogP contribution in [0.1, 0.15) is 42.7 Å². The van der Waals surface area contributed by atoms with E-state index in [2.05, 4.69) is 5.32 Å². The number of carbonyl (C=O) groups excluding carboxylic acids is 1. The first kappa shape index (κ1) is 16.0. The Bertz CT molecular complexity index is 486. The second kappa shape index (κ2) is 7.55. The van der Waals surface area contributed by atoms with Crippen molar-refractivity contribution in [2.24, 2.45) is 5.92 Å². The van der Waals surface area contributed by atoms with Gasteiger partial charge in [-0.1, -0.05) is 12.1 Å². The Hall–Kier alpha value is -1.42. The van der Waals surface area contributed by atoms with E-state index in [9.17, 15) is 9.18 Å². The maximum absolute atomic E-state index is 13.4. The van der Waals surface area contributed by atoms with E-state index in [1.54, 1.807) is 14.0 Å². The standard InChI is InChI=1S/C17H24FNO2/c1-12-10-14(6-7-16(12)18)15(13-4-5-13)11-17(20)19-8-3-9-21-2/h6-7,10,13,15H,3-5,8-9,11H2,1-2H3,(H,19,20). The number of ether oxygens (including phenoxy) is 1. The lowest BCUT2D eigenvalue weighted by Gasteiger charge is -2.17. The van der Waals surface area contributed by atoms with Crippen molar-refractivity contribution in [3.8, 4) is 0 Å². The minimum Gasteiger partial charge on any atom is -0.385 e. The fourth-order valence-electron chi connectivity index (χ4n) is 2.67. The predicted octanol–water partition coefficient (Wildman–Crippen LogP) is 3.17. The second-order valence-electron chi connectivity index (χ2n) is 5.85. The molecular weight excluding hydrogens is 269 g/mol. The van der Waals surface area contributed by atoms with Gasteiger partial charge in [0.1, 0.15) is 5.82 Å². The minimum atomic E-state index is -0.183. The quantitative estimate of drug-likeness (QED) is 0.748. The molecule has 0 saturated heterocycles. The maximum atomic E-state index is 13.4. The van der Waals surface area contributed by atoms with Gasteiger partial charge in [0.2, 0.25) is 5.91 Å². The van der Waals surface area contributed by atoms with E-state index in [1.165, 1.54) is 6.07 Å². The zero-order chi connectivity index (χ0) is 15.2. The number of nitrogens with one attached hydrogen (secondary N) is 1. The molecule has 0 radical (unpaired) electrons. The third-order valence-corrected chi connectivity index (χ3v) is 4.05. The first-order valence-corrected chi connectivity index (χ1v) is 7.63. The lowest BCUT2D eigenvalue weighted by atomic mass is 9.89. The third-order valence-electron chi connectivity index (χ3n) is 4.05. The molecule has 1 aliphatic rings. The first-order chi connectivity index (χ1) is 10.1. The molecule has 0 heterocycles. The Kier molecular flexibility index (Phi) is 5.74. The van der Waals surface area contributed by atoms with Gasteiger partial charge in [0.25, 0.3) is 0 Å². The molecule has 1 fully saturated rings. The van der Waals surface area contributed by atoms with Gasteiger partial charge in [-0.15, -0.1) is 0 Å². The number of halogens is 1. The van der Waals surface area contributed by atoms with E-state index in [0.717, 1.165) is 24.8 Å². The highest BCUT2D eigenvalue weighted by molar-refractivity contribution is 5.77.